The van der Waals surface area contributed by atoms with Crippen LogP contribution in [0, 0.1) is 0 Å². The van der Waals surface area contributed by atoms with Crippen LogP contribution in [-0.2, 0) is 91.3 Å². The van der Waals surface area contributed by atoms with Gasteiger partial charge in [-0.1, -0.05) is 50.3 Å². The zero-order valence-corrected chi connectivity index (χ0v) is 91.3. The lowest BCUT2D eigenvalue weighted by molar-refractivity contribution is -0.245. The van der Waals surface area contributed by atoms with Crippen LogP contribution in [0.1, 0.15) is 59.3 Å². The Balaban J connectivity index is -0.000000351. The van der Waals surface area contributed by atoms with Gasteiger partial charge in [-0.3, -0.25) is 13.7 Å². The van der Waals surface area contributed by atoms with Gasteiger partial charge >= 0.3 is 144 Å². The van der Waals surface area contributed by atoms with E-state index in [1.807, 2.05) is 6.07 Å². The minimum absolute atomic E-state index is 0.159. The van der Waals surface area contributed by atoms with E-state index in [0.717, 1.165) is 75.3 Å². The largest absolute Gasteiger partial charge is 0.499 e. The topological polar surface area (TPSA) is 214 Å². The number of hydrogen-bond acceptors (Lipinski definition) is 22. The van der Waals surface area contributed by atoms with Crippen molar-refractivity contribution in [3.8, 4) is 0 Å². The van der Waals surface area contributed by atoms with Crippen molar-refractivity contribution < 1.29 is 180 Å². The van der Waals surface area contributed by atoms with Gasteiger partial charge in [0.05, 0.1) is 34.2 Å². The van der Waals surface area contributed by atoms with Crippen molar-refractivity contribution in [3.63, 3.8) is 0 Å². The van der Waals surface area contributed by atoms with E-state index < -0.39 is 205 Å². The molecule has 3 aliphatic heterocycles. The maximum absolute atomic E-state index is 13.4. The lowest BCUT2D eigenvalue weighted by Gasteiger charge is -2.47. The normalized spacial score (nSPS) is 21.3. The van der Waals surface area contributed by atoms with Gasteiger partial charge in [0.1, 0.15) is 20.0 Å². The number of hydrogen-bond donors (Lipinski definition) is 0. The molecule has 1 amide bonds. The summed E-state index contributed by atoms with van der Waals surface area (Å²) in [7, 11) is -24.6. The first-order chi connectivity index (χ1) is 55.6. The van der Waals surface area contributed by atoms with Gasteiger partial charge in [0.15, 0.2) is 6.61 Å². The molecule has 3 aliphatic rings. The second kappa shape index (κ2) is 65.2. The summed E-state index contributed by atoms with van der Waals surface area (Å²) in [4.78, 5) is 14.8. The van der Waals surface area contributed by atoms with Crippen molar-refractivity contribution in [1.29, 1.82) is 0 Å². The van der Waals surface area contributed by atoms with Crippen LogP contribution in [0.2, 0.25) is 174 Å². The number of nitrogens with zero attached hydrogens (tertiary/aromatic N) is 1. The van der Waals surface area contributed by atoms with E-state index in [4.69, 9.17) is 76.9 Å². The number of alkyl halides is 17. The van der Waals surface area contributed by atoms with Gasteiger partial charge in [-0.2, -0.15) is 48.8 Å². The van der Waals surface area contributed by atoms with E-state index in [0.29, 0.717) is 73.5 Å². The molecule has 1 aromatic carbocycles. The third-order valence-corrected chi connectivity index (χ3v) is 69.8. The average Bonchev–Trinajstić information content (AvgIpc) is 0.788. The highest BCUT2D eigenvalue weighted by Gasteiger charge is 2.54. The first kappa shape index (κ1) is 132. The highest BCUT2D eigenvalue weighted by atomic mass is 28.5. The quantitative estimate of drug-likeness (QED) is 0.0201. The molecule has 0 saturated carbocycles. The fraction of sp³-hybridized carbons (Fsp3) is 0.894. The fourth-order valence-electron chi connectivity index (χ4n) is 12.0. The Hall–Kier alpha value is -0.444. The second-order valence-electron chi connectivity index (χ2n) is 31.2. The van der Waals surface area contributed by atoms with Gasteiger partial charge in [-0.25, -0.2) is 26.7 Å². The molecule has 3 heterocycles. The van der Waals surface area contributed by atoms with Crippen LogP contribution < -0.4 is 4.90 Å². The molecule has 56 heteroatoms. The molecular formula is C66H146F19NO22Si14. The van der Waals surface area contributed by atoms with Crippen LogP contribution in [0.4, 0.5) is 94.0 Å². The maximum Gasteiger partial charge on any atom is 0.499 e. The van der Waals surface area contributed by atoms with Crippen molar-refractivity contribution in [2.45, 2.75) is 258 Å². The molecular weight excluding hydrogens is 1910 g/mol. The second-order valence-corrected chi connectivity index (χ2v) is 80.1. The van der Waals surface area contributed by atoms with Gasteiger partial charge < -0.3 is 86.3 Å². The van der Waals surface area contributed by atoms with Crippen molar-refractivity contribution in [1.82, 2.24) is 0 Å². The van der Waals surface area contributed by atoms with E-state index in [1.54, 1.807) is 45.6 Å². The number of carbonyl (C=O) groups excluding carboxylic acids is 1. The number of para-hydroxylation sites is 1. The highest BCUT2D eigenvalue weighted by Crippen LogP contribution is 2.36. The lowest BCUT2D eigenvalue weighted by atomic mass is 10.3. The predicted molar refractivity (Wildman–Crippen MR) is 467 cm³/mol. The number of rotatable bonds is 36. The number of halogens is 19. The number of ether oxygens (including phenoxy) is 5. The third kappa shape index (κ3) is 77.2. The Morgan fingerprint density at radius 3 is 1.02 bits per heavy atom. The highest BCUT2D eigenvalue weighted by molar-refractivity contribution is 6.93. The summed E-state index contributed by atoms with van der Waals surface area (Å²) in [6.45, 7) is 43.4. The van der Waals surface area contributed by atoms with Crippen molar-refractivity contribution in [2.24, 2.45) is 0 Å². The van der Waals surface area contributed by atoms with E-state index in [-0.39, 0.29) is 6.61 Å². The molecule has 23 nitrogen and oxygen atoms in total. The number of benzene rings is 1. The molecule has 0 spiro atoms. The third-order valence-electron chi connectivity index (χ3n) is 15.1. The molecule has 0 radical (unpaired) electrons. The van der Waals surface area contributed by atoms with Gasteiger partial charge in [0.2, 0.25) is 6.93 Å². The zero-order valence-electron chi connectivity index (χ0n) is 77.0. The Kier molecular flexibility index (Phi) is 70.7. The average molecular weight is 2060 g/mol. The Labute approximate surface area is 730 Å². The lowest BCUT2D eigenvalue weighted by Crippen LogP contribution is -2.65. The van der Waals surface area contributed by atoms with Gasteiger partial charge in [0, 0.05) is 101 Å². The summed E-state index contributed by atoms with van der Waals surface area (Å²) in [6, 6.07) is 14.3. The van der Waals surface area contributed by atoms with E-state index >= 15 is 0 Å². The molecule has 3 saturated heterocycles. The van der Waals surface area contributed by atoms with Crippen molar-refractivity contribution in [2.75, 3.05) is 134 Å². The maximum atomic E-state index is 13.4. The first-order valence-electron chi connectivity index (χ1n) is 39.3. The molecule has 4 atom stereocenters. The zero-order chi connectivity index (χ0) is 96.7. The van der Waals surface area contributed by atoms with Gasteiger partial charge in [0.25, 0.3) is 0 Å². The van der Waals surface area contributed by atoms with Crippen LogP contribution in [-0.4, -0.2) is 280 Å². The minimum atomic E-state index is -4.55. The molecule has 0 N–H and O–H groups in total. The van der Waals surface area contributed by atoms with Crippen LogP contribution in [0.25, 0.3) is 0 Å². The summed E-state index contributed by atoms with van der Waals surface area (Å²) in [5, 5.41) is 0. The number of carbonyl (C=O) groups is 1. The number of anilines is 1. The minimum Gasteiger partial charge on any atom is -0.418 e. The molecule has 1 aromatic rings. The molecule has 3 fully saturated rings. The van der Waals surface area contributed by atoms with Gasteiger partial charge in [-0.05, 0) is 191 Å². The number of amides is 1. The van der Waals surface area contributed by atoms with E-state index in [9.17, 15) is 88.3 Å². The van der Waals surface area contributed by atoms with Gasteiger partial charge in [-0.15, -0.1) is 4.39 Å². The van der Waals surface area contributed by atoms with Crippen LogP contribution in [0.3, 0.4) is 0 Å². The SMILES string of the molecule is CC(F)(F)OCCF.CC(F)(F)OCCF.CCC(F)(F)F.CF.CF.CO[Si](CC[Si](C)(C)CCCN(C(=O)F)c1ccccc1)(OC)OC.C[SiH]1O[Si](C)(C)O[Si](C)(C)O[Si](C)(CCCOCCCOCCC[Si]2(C)O[SiH](C)O[Si](C)(C)O[Si](C)(C)O2)O1.C[Si]1(C)O[Si](C)(C)O[Si](C)(CCCOCCF)O[Si](C)(C)O1.FCF.FOCC(F)(F)F. The van der Waals surface area contributed by atoms with Crippen LogP contribution in [0.5, 0.6) is 0 Å². The smallest absolute Gasteiger partial charge is 0.418 e. The van der Waals surface area contributed by atoms with E-state index in [2.05, 4.69) is 152 Å². The molecule has 122 heavy (non-hydrogen) atoms. The molecule has 0 bridgehead atoms. The summed E-state index contributed by atoms with van der Waals surface area (Å²) in [5.74, 6) is 0. The van der Waals surface area contributed by atoms with Crippen LogP contribution in [0.15, 0.2) is 30.3 Å². The Morgan fingerprint density at radius 1 is 0.434 bits per heavy atom. The van der Waals surface area contributed by atoms with E-state index in [1.165, 1.54) is 4.90 Å². The molecule has 736 valence electrons. The molecule has 4 unspecified atom stereocenters. The monoisotopic (exact) mass is 2060 g/mol. The Bertz CT molecular complexity index is 2630. The fourth-order valence-corrected chi connectivity index (χ4v) is 77.9. The Morgan fingerprint density at radius 2 is 0.738 bits per heavy atom. The summed E-state index contributed by atoms with van der Waals surface area (Å²) < 4.78 is 324. The summed E-state index contributed by atoms with van der Waals surface area (Å²) in [6.07, 6.45) is -12.7. The summed E-state index contributed by atoms with van der Waals surface area (Å²) in [5.41, 5.74) is 0.596. The molecule has 4 rings (SSSR count). The van der Waals surface area contributed by atoms with Crippen molar-refractivity contribution >= 4 is 133 Å². The first-order valence-corrected chi connectivity index (χ1v) is 76.1. The standard InChI is InChI=1S/C21H56O10Si8.C17H30FNO4Si2.C12H31FO5Si4.2C4H7F3O.C3H5F3.C2H2F4O.CH2F2.2CH3F/c1-32-24-34(3,4)28-36(7,8)30-38(11,26-32)20-14-18-22-16-13-17-23-19-15-21-39(12)27-33(2)25-35(5,6)29-37(9,10)31-39;1-21-25(22-2,23-3)15-14-24(4,5)13-9-12-19(17(18)20)16-10-7-6-8-11-16;1-19(2)15-20(3,4)17-22(7,18-21(5,6)16-19)12-8-10-14-11-9-13;2*1-4(6,7)8-3-2-5;1-2-3(4,5)6;3-2(4,5)1-7-6;2-1-3;2*1-2/h32-33H,13-21H2,1-12H3;6-8,10-11H,9,12-15H2,1-5H3;8-12H2,1-7H3;2*2-3H2,1H3;2H2,1H3;1H2;1H2;2*1H3. The van der Waals surface area contributed by atoms with Crippen molar-refractivity contribution in [3.05, 3.63) is 30.3 Å². The summed E-state index contributed by atoms with van der Waals surface area (Å²) >= 11 is 0. The van der Waals surface area contributed by atoms with Crippen LogP contribution >= 0.6 is 0 Å². The predicted octanol–water partition coefficient (Wildman–Crippen LogP) is 21.8. The molecule has 0 aromatic heterocycles. The molecule has 0 aliphatic carbocycles.